The summed E-state index contributed by atoms with van der Waals surface area (Å²) in [5.41, 5.74) is 2.62. The number of benzene rings is 1. The fourth-order valence-electron chi connectivity index (χ4n) is 2.80. The van der Waals surface area contributed by atoms with Crippen LogP contribution in [0, 0.1) is 6.92 Å². The van der Waals surface area contributed by atoms with Gasteiger partial charge >= 0.3 is 5.97 Å². The van der Waals surface area contributed by atoms with E-state index in [4.69, 9.17) is 4.74 Å². The third-order valence-electron chi connectivity index (χ3n) is 4.08. The van der Waals surface area contributed by atoms with Crippen LogP contribution in [0.3, 0.4) is 0 Å². The zero-order valence-electron chi connectivity index (χ0n) is 16.0. The fraction of sp³-hybridized carbons (Fsp3) is 0.368. The predicted octanol–water partition coefficient (Wildman–Crippen LogP) is 3.24. The quantitative estimate of drug-likeness (QED) is 0.645. The maximum atomic E-state index is 12.7. The van der Waals surface area contributed by atoms with Gasteiger partial charge in [0.05, 0.1) is 28.1 Å². The zero-order chi connectivity index (χ0) is 19.7. The number of hydrogen-bond donors (Lipinski definition) is 0. The molecule has 0 saturated carbocycles. The Bertz CT molecular complexity index is 1090. The molecule has 0 atom stereocenters. The molecule has 27 heavy (non-hydrogen) atoms. The number of carbonyl (C=O) groups excluding carboxylic acids is 2. The smallest absolute Gasteiger partial charge is 0.338 e. The Hall–Kier alpha value is -2.74. The maximum Gasteiger partial charge on any atom is 0.338 e. The fourth-order valence-corrected chi connectivity index (χ4v) is 3.85. The van der Waals surface area contributed by atoms with Gasteiger partial charge in [0.2, 0.25) is 0 Å². The molecule has 0 aliphatic rings. The largest absolute Gasteiger partial charge is 0.462 e. The van der Waals surface area contributed by atoms with E-state index in [1.165, 1.54) is 11.3 Å². The van der Waals surface area contributed by atoms with E-state index in [0.29, 0.717) is 22.7 Å². The van der Waals surface area contributed by atoms with Gasteiger partial charge in [-0.1, -0.05) is 11.3 Å². The van der Waals surface area contributed by atoms with Crippen molar-refractivity contribution in [3.8, 4) is 0 Å². The Labute approximate surface area is 160 Å². The molecular weight excluding hydrogens is 364 g/mol. The number of rotatable bonds is 4. The van der Waals surface area contributed by atoms with E-state index in [1.54, 1.807) is 29.8 Å². The van der Waals surface area contributed by atoms with Gasteiger partial charge in [-0.2, -0.15) is 10.1 Å². The lowest BCUT2D eigenvalue weighted by Crippen LogP contribution is -2.16. The monoisotopic (exact) mass is 386 g/mol. The Morgan fingerprint density at radius 2 is 2.04 bits per heavy atom. The average molecular weight is 386 g/mol. The summed E-state index contributed by atoms with van der Waals surface area (Å²) in [6.45, 7) is 7.89. The van der Waals surface area contributed by atoms with Gasteiger partial charge < -0.3 is 9.30 Å². The lowest BCUT2D eigenvalue weighted by Gasteiger charge is -2.07. The second-order valence-electron chi connectivity index (χ2n) is 6.47. The van der Waals surface area contributed by atoms with Crippen LogP contribution in [0.1, 0.15) is 53.4 Å². The van der Waals surface area contributed by atoms with Gasteiger partial charge in [0, 0.05) is 13.1 Å². The van der Waals surface area contributed by atoms with Gasteiger partial charge in [-0.25, -0.2) is 4.79 Å². The SMILES string of the molecule is CCOC(=O)c1ccc2c(c1)sc(=NC(=O)c1cc(C)nn1C(C)C)n2C. The van der Waals surface area contributed by atoms with Crippen molar-refractivity contribution < 1.29 is 14.3 Å². The Morgan fingerprint density at radius 1 is 1.30 bits per heavy atom. The van der Waals surface area contributed by atoms with Crippen LogP contribution in [0.25, 0.3) is 10.2 Å². The van der Waals surface area contributed by atoms with E-state index in [1.807, 2.05) is 38.5 Å². The second-order valence-corrected chi connectivity index (χ2v) is 7.48. The molecule has 1 aromatic carbocycles. The molecule has 3 aromatic rings. The van der Waals surface area contributed by atoms with Gasteiger partial charge in [-0.15, -0.1) is 0 Å². The van der Waals surface area contributed by atoms with Crippen LogP contribution in [-0.2, 0) is 11.8 Å². The highest BCUT2D eigenvalue weighted by atomic mass is 32.1. The molecule has 0 bridgehead atoms. The summed E-state index contributed by atoms with van der Waals surface area (Å²) in [6.07, 6.45) is 0. The number of amides is 1. The van der Waals surface area contributed by atoms with Crippen LogP contribution < -0.4 is 4.80 Å². The number of esters is 1. The van der Waals surface area contributed by atoms with Gasteiger partial charge in [-0.05, 0) is 52.0 Å². The number of carbonyl (C=O) groups is 2. The molecule has 0 radical (unpaired) electrons. The number of nitrogens with zero attached hydrogens (tertiary/aromatic N) is 4. The van der Waals surface area contributed by atoms with Crippen molar-refractivity contribution in [1.82, 2.24) is 14.3 Å². The number of fused-ring (bicyclic) bond motifs is 1. The topological polar surface area (TPSA) is 78.5 Å². The van der Waals surface area contributed by atoms with E-state index >= 15 is 0 Å². The molecule has 2 aromatic heterocycles. The molecule has 8 heteroatoms. The molecule has 3 rings (SSSR count). The Morgan fingerprint density at radius 3 is 2.70 bits per heavy atom. The summed E-state index contributed by atoms with van der Waals surface area (Å²) in [5.74, 6) is -0.696. The third kappa shape index (κ3) is 3.71. The van der Waals surface area contributed by atoms with Gasteiger partial charge in [0.1, 0.15) is 5.69 Å². The number of ether oxygens (including phenoxy) is 1. The number of thiazole rings is 1. The standard InChI is InChI=1S/C19H22N4O3S/c1-6-26-18(25)13-7-8-14-16(10-13)27-19(22(14)5)20-17(24)15-9-12(4)21-23(15)11(2)3/h7-11H,6H2,1-5H3. The molecule has 142 valence electrons. The van der Waals surface area contributed by atoms with Crippen LogP contribution in [0.2, 0.25) is 0 Å². The van der Waals surface area contributed by atoms with Crippen molar-refractivity contribution in [2.75, 3.05) is 6.61 Å². The molecule has 0 unspecified atom stereocenters. The van der Waals surface area contributed by atoms with Crippen LogP contribution in [-0.4, -0.2) is 32.8 Å². The molecule has 0 N–H and O–H groups in total. The molecule has 2 heterocycles. The van der Waals surface area contributed by atoms with E-state index in [9.17, 15) is 9.59 Å². The minimum absolute atomic E-state index is 0.0659. The molecule has 0 saturated heterocycles. The predicted molar refractivity (Wildman–Crippen MR) is 104 cm³/mol. The molecule has 0 fully saturated rings. The summed E-state index contributed by atoms with van der Waals surface area (Å²) in [7, 11) is 1.85. The van der Waals surface area contributed by atoms with Gasteiger partial charge in [0.25, 0.3) is 5.91 Å². The van der Waals surface area contributed by atoms with Gasteiger partial charge in [0.15, 0.2) is 4.80 Å². The summed E-state index contributed by atoms with van der Waals surface area (Å²) < 4.78 is 9.44. The molecule has 0 aliphatic heterocycles. The molecule has 7 nitrogen and oxygen atoms in total. The lowest BCUT2D eigenvalue weighted by molar-refractivity contribution is 0.0526. The Balaban J connectivity index is 2.05. The highest BCUT2D eigenvalue weighted by Gasteiger charge is 2.16. The highest BCUT2D eigenvalue weighted by Crippen LogP contribution is 2.19. The zero-order valence-corrected chi connectivity index (χ0v) is 16.8. The van der Waals surface area contributed by atoms with E-state index in [-0.39, 0.29) is 17.9 Å². The van der Waals surface area contributed by atoms with Crippen molar-refractivity contribution in [3.05, 3.63) is 46.0 Å². The first-order valence-electron chi connectivity index (χ1n) is 8.73. The van der Waals surface area contributed by atoms with Crippen LogP contribution >= 0.6 is 11.3 Å². The van der Waals surface area contributed by atoms with Crippen LogP contribution in [0.5, 0.6) is 0 Å². The van der Waals surface area contributed by atoms with Crippen molar-refractivity contribution in [1.29, 1.82) is 0 Å². The first-order valence-corrected chi connectivity index (χ1v) is 9.55. The first-order chi connectivity index (χ1) is 12.8. The van der Waals surface area contributed by atoms with E-state index in [2.05, 4.69) is 10.1 Å². The summed E-state index contributed by atoms with van der Waals surface area (Å²) in [6, 6.07) is 7.14. The van der Waals surface area contributed by atoms with E-state index < -0.39 is 0 Å². The summed E-state index contributed by atoms with van der Waals surface area (Å²) >= 11 is 1.36. The highest BCUT2D eigenvalue weighted by molar-refractivity contribution is 7.16. The first kappa shape index (κ1) is 19.0. The number of aryl methyl sites for hydroxylation is 2. The lowest BCUT2D eigenvalue weighted by atomic mass is 10.2. The molecule has 0 spiro atoms. The molecular formula is C19H22N4O3S. The van der Waals surface area contributed by atoms with E-state index in [0.717, 1.165) is 15.9 Å². The second kappa shape index (κ2) is 7.48. The van der Waals surface area contributed by atoms with Crippen LogP contribution in [0.15, 0.2) is 29.3 Å². The minimum Gasteiger partial charge on any atom is -0.462 e. The molecule has 0 aliphatic carbocycles. The average Bonchev–Trinajstić information content (AvgIpc) is 3.16. The van der Waals surface area contributed by atoms with Crippen molar-refractivity contribution in [2.24, 2.45) is 12.0 Å². The van der Waals surface area contributed by atoms with Crippen LogP contribution in [0.4, 0.5) is 0 Å². The summed E-state index contributed by atoms with van der Waals surface area (Å²) in [5, 5.41) is 4.37. The minimum atomic E-state index is -0.360. The van der Waals surface area contributed by atoms with Crippen molar-refractivity contribution in [3.63, 3.8) is 0 Å². The number of hydrogen-bond acceptors (Lipinski definition) is 5. The Kier molecular flexibility index (Phi) is 5.27. The van der Waals surface area contributed by atoms with Crippen molar-refractivity contribution >= 4 is 33.4 Å². The van der Waals surface area contributed by atoms with Crippen molar-refractivity contribution in [2.45, 2.75) is 33.7 Å². The third-order valence-corrected chi connectivity index (χ3v) is 5.18. The number of aromatic nitrogens is 3. The summed E-state index contributed by atoms with van der Waals surface area (Å²) in [4.78, 5) is 29.5. The van der Waals surface area contributed by atoms with Gasteiger partial charge in [-0.3, -0.25) is 9.48 Å². The molecule has 1 amide bonds. The normalized spacial score (nSPS) is 12.1. The maximum absolute atomic E-state index is 12.7.